The van der Waals surface area contributed by atoms with E-state index < -0.39 is 23.1 Å². The first-order valence-electron chi connectivity index (χ1n) is 4.00. The third kappa shape index (κ3) is 1.98. The van der Waals surface area contributed by atoms with Gasteiger partial charge in [0.25, 0.3) is 0 Å². The van der Waals surface area contributed by atoms with Crippen LogP contribution in [0, 0.1) is 0 Å². The number of aromatic nitrogens is 6. The molecule has 0 amide bonds. The lowest BCUT2D eigenvalue weighted by Crippen LogP contribution is -2.26. The number of halogens is 4. The quantitative estimate of drug-likeness (QED) is 0.712. The highest BCUT2D eigenvalue weighted by Gasteiger charge is 2.41. The monoisotopic (exact) mass is 266 g/mol. The molecule has 0 aliphatic rings. The Bertz CT molecular complexity index is 547. The molecule has 11 heteroatoms. The fraction of sp³-hybridized carbons (Fsp3) is 0.167. The second-order valence-electron chi connectivity index (χ2n) is 2.77. The Kier molecular flexibility index (Phi) is 2.58. The van der Waals surface area contributed by atoms with E-state index >= 15 is 0 Å². The molecule has 0 spiro atoms. The molecule has 0 radical (unpaired) electrons. The molecule has 0 N–H and O–H groups in total. The Labute approximate surface area is 95.8 Å². The van der Waals surface area contributed by atoms with Crippen LogP contribution in [0.15, 0.2) is 12.4 Å². The summed E-state index contributed by atoms with van der Waals surface area (Å²) >= 11 is 5.22. The lowest BCUT2D eigenvalue weighted by molar-refractivity contribution is -0.142. The molecule has 2 aromatic heterocycles. The van der Waals surface area contributed by atoms with E-state index in [0.29, 0.717) is 4.68 Å². The number of hydrogen-bond donors (Lipinski definition) is 0. The standard InChI is InChI=1S/C6H2ClF3N6O/c7-4-3(6(8,9)10)16(14-12-4)5(17)15-2-1-11-13-15/h1-2H. The topological polar surface area (TPSA) is 78.5 Å². The summed E-state index contributed by atoms with van der Waals surface area (Å²) in [6.45, 7) is 0. The highest BCUT2D eigenvalue weighted by atomic mass is 35.5. The molecule has 0 aromatic carbocycles. The van der Waals surface area contributed by atoms with Crippen LogP contribution in [0.2, 0.25) is 5.15 Å². The third-order valence-electron chi connectivity index (χ3n) is 1.70. The average Bonchev–Trinajstić information content (AvgIpc) is 2.83. The Balaban J connectivity index is 2.51. The van der Waals surface area contributed by atoms with Gasteiger partial charge in [0.15, 0.2) is 10.8 Å². The minimum Gasteiger partial charge on any atom is -0.243 e. The van der Waals surface area contributed by atoms with Crippen molar-refractivity contribution in [3.05, 3.63) is 23.2 Å². The normalized spacial score (nSPS) is 11.8. The Morgan fingerprint density at radius 3 is 2.59 bits per heavy atom. The first-order valence-corrected chi connectivity index (χ1v) is 4.38. The van der Waals surface area contributed by atoms with Gasteiger partial charge in [-0.3, -0.25) is 0 Å². The largest absolute Gasteiger partial charge is 0.436 e. The average molecular weight is 267 g/mol. The first-order chi connectivity index (χ1) is 7.91. The van der Waals surface area contributed by atoms with E-state index in [-0.39, 0.29) is 4.68 Å². The van der Waals surface area contributed by atoms with Gasteiger partial charge < -0.3 is 0 Å². The van der Waals surface area contributed by atoms with Gasteiger partial charge >= 0.3 is 12.2 Å². The van der Waals surface area contributed by atoms with Crippen molar-refractivity contribution in [3.63, 3.8) is 0 Å². The minimum absolute atomic E-state index is 0.0109. The van der Waals surface area contributed by atoms with Gasteiger partial charge in [-0.1, -0.05) is 22.0 Å². The summed E-state index contributed by atoms with van der Waals surface area (Å²) in [5.41, 5.74) is -1.46. The molecule has 7 nitrogen and oxygen atoms in total. The van der Waals surface area contributed by atoms with Crippen LogP contribution in [0.1, 0.15) is 5.69 Å². The Morgan fingerprint density at radius 2 is 2.06 bits per heavy atom. The molecule has 0 bridgehead atoms. The predicted octanol–water partition coefficient (Wildman–Crippen LogP) is 1.06. The third-order valence-corrected chi connectivity index (χ3v) is 1.95. The molecule has 17 heavy (non-hydrogen) atoms. The molecule has 0 atom stereocenters. The first kappa shape index (κ1) is 11.5. The summed E-state index contributed by atoms with van der Waals surface area (Å²) in [7, 11) is 0. The van der Waals surface area contributed by atoms with Crippen molar-refractivity contribution in [2.45, 2.75) is 6.18 Å². The Morgan fingerprint density at radius 1 is 1.35 bits per heavy atom. The van der Waals surface area contributed by atoms with Crippen LogP contribution in [0.5, 0.6) is 0 Å². The summed E-state index contributed by atoms with van der Waals surface area (Å²) in [5.74, 6) is 0. The number of hydrogen-bond acceptors (Lipinski definition) is 5. The van der Waals surface area contributed by atoms with E-state index in [4.69, 9.17) is 11.6 Å². The van der Waals surface area contributed by atoms with Crippen molar-refractivity contribution in [3.8, 4) is 0 Å². The van der Waals surface area contributed by atoms with E-state index in [2.05, 4.69) is 20.6 Å². The van der Waals surface area contributed by atoms with Gasteiger partial charge in [0.2, 0.25) is 0 Å². The van der Waals surface area contributed by atoms with E-state index in [1.54, 1.807) is 0 Å². The molecule has 0 fully saturated rings. The molecule has 0 aliphatic carbocycles. The van der Waals surface area contributed by atoms with Crippen molar-refractivity contribution in [1.82, 2.24) is 30.0 Å². The molecule has 0 saturated carbocycles. The summed E-state index contributed by atoms with van der Waals surface area (Å²) in [6.07, 6.45) is -2.65. The van der Waals surface area contributed by atoms with Crippen LogP contribution in [0.3, 0.4) is 0 Å². The van der Waals surface area contributed by atoms with E-state index in [1.165, 1.54) is 0 Å². The zero-order valence-corrected chi connectivity index (χ0v) is 8.51. The van der Waals surface area contributed by atoms with E-state index in [0.717, 1.165) is 12.4 Å². The van der Waals surface area contributed by atoms with E-state index in [9.17, 15) is 18.0 Å². The molecule has 0 unspecified atom stereocenters. The number of carbonyl (C=O) groups is 1. The SMILES string of the molecule is O=C(n1ccnn1)n1nnc(Cl)c1C(F)(F)F. The molecular weight excluding hydrogens is 265 g/mol. The second-order valence-corrected chi connectivity index (χ2v) is 3.13. The van der Waals surface area contributed by atoms with Crippen LogP contribution < -0.4 is 0 Å². The fourth-order valence-corrected chi connectivity index (χ4v) is 1.26. The molecule has 0 aliphatic heterocycles. The summed E-state index contributed by atoms with van der Waals surface area (Å²) in [6, 6.07) is -1.19. The van der Waals surface area contributed by atoms with Crippen LogP contribution in [-0.2, 0) is 6.18 Å². The lowest BCUT2D eigenvalue weighted by atomic mass is 10.4. The van der Waals surface area contributed by atoms with Crippen molar-refractivity contribution in [2.75, 3.05) is 0 Å². The summed E-state index contributed by atoms with van der Waals surface area (Å²) < 4.78 is 38.3. The van der Waals surface area contributed by atoms with Gasteiger partial charge in [-0.2, -0.15) is 22.5 Å². The smallest absolute Gasteiger partial charge is 0.243 e. The summed E-state index contributed by atoms with van der Waals surface area (Å²) in [5, 5.41) is 11.6. The number of rotatable bonds is 0. The predicted molar refractivity (Wildman–Crippen MR) is 46.2 cm³/mol. The van der Waals surface area contributed by atoms with Gasteiger partial charge in [-0.25, -0.2) is 4.79 Å². The van der Waals surface area contributed by atoms with Gasteiger partial charge in [-0.15, -0.1) is 10.2 Å². The summed E-state index contributed by atoms with van der Waals surface area (Å²) in [4.78, 5) is 11.6. The molecule has 0 saturated heterocycles. The fourth-order valence-electron chi connectivity index (χ4n) is 1.04. The maximum absolute atomic E-state index is 12.6. The van der Waals surface area contributed by atoms with Gasteiger partial charge in [0.05, 0.1) is 12.4 Å². The van der Waals surface area contributed by atoms with Crippen LogP contribution in [-0.4, -0.2) is 36.0 Å². The van der Waals surface area contributed by atoms with Crippen molar-refractivity contribution >= 4 is 17.6 Å². The van der Waals surface area contributed by atoms with Crippen molar-refractivity contribution in [1.29, 1.82) is 0 Å². The highest BCUT2D eigenvalue weighted by Crippen LogP contribution is 2.33. The molecule has 2 rings (SSSR count). The molecule has 90 valence electrons. The lowest BCUT2D eigenvalue weighted by Gasteiger charge is -2.07. The number of alkyl halides is 3. The number of carbonyl (C=O) groups excluding carboxylic acids is 1. The highest BCUT2D eigenvalue weighted by molar-refractivity contribution is 6.30. The van der Waals surface area contributed by atoms with Crippen LogP contribution >= 0.6 is 11.6 Å². The minimum atomic E-state index is -4.85. The van der Waals surface area contributed by atoms with Gasteiger partial charge in [-0.05, 0) is 0 Å². The molecular formula is C6H2ClF3N6O. The zero-order chi connectivity index (χ0) is 12.6. The van der Waals surface area contributed by atoms with Crippen LogP contribution in [0.25, 0.3) is 0 Å². The van der Waals surface area contributed by atoms with Gasteiger partial charge in [0.1, 0.15) is 0 Å². The molecule has 2 aromatic rings. The Hall–Kier alpha value is -1.97. The van der Waals surface area contributed by atoms with E-state index in [1.807, 2.05) is 0 Å². The van der Waals surface area contributed by atoms with Gasteiger partial charge in [0, 0.05) is 0 Å². The maximum Gasteiger partial charge on any atom is 0.436 e. The second kappa shape index (κ2) is 3.80. The maximum atomic E-state index is 12.6. The zero-order valence-electron chi connectivity index (χ0n) is 7.76. The number of nitrogens with zero attached hydrogens (tertiary/aromatic N) is 6. The molecule has 2 heterocycles. The van der Waals surface area contributed by atoms with Crippen molar-refractivity contribution < 1.29 is 18.0 Å². The van der Waals surface area contributed by atoms with Crippen molar-refractivity contribution in [2.24, 2.45) is 0 Å². The van der Waals surface area contributed by atoms with Crippen LogP contribution in [0.4, 0.5) is 18.0 Å².